The van der Waals surface area contributed by atoms with Gasteiger partial charge in [0.25, 0.3) is 0 Å². The lowest BCUT2D eigenvalue weighted by molar-refractivity contribution is -0.142. The summed E-state index contributed by atoms with van der Waals surface area (Å²) in [5.41, 5.74) is -0.0428. The van der Waals surface area contributed by atoms with Crippen LogP contribution < -0.4 is 14.8 Å². The van der Waals surface area contributed by atoms with Gasteiger partial charge in [0.15, 0.2) is 11.5 Å². The Labute approximate surface area is 136 Å². The molecule has 0 saturated heterocycles. The van der Waals surface area contributed by atoms with Crippen LogP contribution in [0.25, 0.3) is 0 Å². The van der Waals surface area contributed by atoms with E-state index in [9.17, 15) is 9.59 Å². The molecule has 0 aliphatic carbocycles. The third-order valence-electron chi connectivity index (χ3n) is 4.30. The third-order valence-corrected chi connectivity index (χ3v) is 4.30. The molecule has 0 aliphatic heterocycles. The SMILES string of the molecule is CCC(CC)(C(=O)N[C@@H](C)C(=O)O)c1ccc(OC)c(OC)c1. The van der Waals surface area contributed by atoms with E-state index in [4.69, 9.17) is 14.6 Å². The molecule has 0 aromatic heterocycles. The molecule has 1 aromatic carbocycles. The quantitative estimate of drug-likeness (QED) is 0.767. The molecular weight excluding hydrogens is 298 g/mol. The van der Waals surface area contributed by atoms with Crippen molar-refractivity contribution in [2.75, 3.05) is 14.2 Å². The fourth-order valence-electron chi connectivity index (χ4n) is 2.64. The molecule has 1 aromatic rings. The molecule has 0 bridgehead atoms. The van der Waals surface area contributed by atoms with E-state index in [1.165, 1.54) is 14.0 Å². The molecule has 0 radical (unpaired) electrons. The summed E-state index contributed by atoms with van der Waals surface area (Å²) in [7, 11) is 3.08. The fraction of sp³-hybridized carbons (Fsp3) is 0.529. The monoisotopic (exact) mass is 323 g/mol. The number of amides is 1. The number of carboxylic acid groups (broad SMARTS) is 1. The number of rotatable bonds is 8. The number of ether oxygens (including phenoxy) is 2. The van der Waals surface area contributed by atoms with Crippen molar-refractivity contribution < 1.29 is 24.2 Å². The van der Waals surface area contributed by atoms with Gasteiger partial charge in [-0.2, -0.15) is 0 Å². The largest absolute Gasteiger partial charge is 0.493 e. The smallest absolute Gasteiger partial charge is 0.325 e. The zero-order valence-electron chi connectivity index (χ0n) is 14.3. The molecule has 0 aliphatic rings. The van der Waals surface area contributed by atoms with Gasteiger partial charge < -0.3 is 19.9 Å². The predicted molar refractivity (Wildman–Crippen MR) is 87.0 cm³/mol. The minimum Gasteiger partial charge on any atom is -0.493 e. The highest BCUT2D eigenvalue weighted by molar-refractivity contribution is 5.91. The van der Waals surface area contributed by atoms with Gasteiger partial charge in [-0.3, -0.25) is 9.59 Å². The van der Waals surface area contributed by atoms with Crippen molar-refractivity contribution in [1.82, 2.24) is 5.32 Å². The molecule has 1 rings (SSSR count). The van der Waals surface area contributed by atoms with Gasteiger partial charge in [0.05, 0.1) is 19.6 Å². The van der Waals surface area contributed by atoms with Crippen LogP contribution >= 0.6 is 0 Å². The fourth-order valence-corrected chi connectivity index (χ4v) is 2.64. The van der Waals surface area contributed by atoms with E-state index in [-0.39, 0.29) is 5.91 Å². The van der Waals surface area contributed by atoms with Crippen LogP contribution in [-0.4, -0.2) is 37.2 Å². The lowest BCUT2D eigenvalue weighted by Crippen LogP contribution is -2.49. The van der Waals surface area contributed by atoms with Crippen molar-refractivity contribution in [2.45, 2.75) is 45.1 Å². The molecule has 23 heavy (non-hydrogen) atoms. The van der Waals surface area contributed by atoms with E-state index in [0.717, 1.165) is 5.56 Å². The van der Waals surface area contributed by atoms with Crippen molar-refractivity contribution in [3.8, 4) is 11.5 Å². The first-order chi connectivity index (χ1) is 10.9. The number of carboxylic acids is 1. The maximum absolute atomic E-state index is 12.8. The average Bonchev–Trinajstić information content (AvgIpc) is 2.56. The Hall–Kier alpha value is -2.24. The summed E-state index contributed by atoms with van der Waals surface area (Å²) < 4.78 is 10.5. The summed E-state index contributed by atoms with van der Waals surface area (Å²) in [4.78, 5) is 23.8. The number of carbonyl (C=O) groups excluding carboxylic acids is 1. The van der Waals surface area contributed by atoms with Crippen LogP contribution in [0.5, 0.6) is 11.5 Å². The second-order valence-electron chi connectivity index (χ2n) is 5.39. The molecule has 6 nitrogen and oxygen atoms in total. The number of benzene rings is 1. The molecule has 0 spiro atoms. The van der Waals surface area contributed by atoms with Crippen LogP contribution in [0.4, 0.5) is 0 Å². The Kier molecular flexibility index (Phi) is 6.42. The lowest BCUT2D eigenvalue weighted by Gasteiger charge is -2.32. The number of hydrogen-bond acceptors (Lipinski definition) is 4. The van der Waals surface area contributed by atoms with Gasteiger partial charge in [0, 0.05) is 0 Å². The van der Waals surface area contributed by atoms with E-state index in [2.05, 4.69) is 5.32 Å². The Morgan fingerprint density at radius 3 is 2.17 bits per heavy atom. The number of methoxy groups -OCH3 is 2. The van der Waals surface area contributed by atoms with Gasteiger partial charge in [0.1, 0.15) is 6.04 Å². The Morgan fingerprint density at radius 2 is 1.74 bits per heavy atom. The van der Waals surface area contributed by atoms with Crippen molar-refractivity contribution in [3.63, 3.8) is 0 Å². The van der Waals surface area contributed by atoms with Gasteiger partial charge in [-0.15, -0.1) is 0 Å². The van der Waals surface area contributed by atoms with E-state index in [1.807, 2.05) is 19.9 Å². The minimum absolute atomic E-state index is 0.301. The van der Waals surface area contributed by atoms with Gasteiger partial charge >= 0.3 is 5.97 Å². The second-order valence-corrected chi connectivity index (χ2v) is 5.39. The van der Waals surface area contributed by atoms with Gasteiger partial charge in [0.2, 0.25) is 5.91 Å². The first-order valence-corrected chi connectivity index (χ1v) is 7.62. The van der Waals surface area contributed by atoms with Crippen molar-refractivity contribution in [1.29, 1.82) is 0 Å². The summed E-state index contributed by atoms with van der Waals surface area (Å²) in [5.74, 6) is -0.247. The maximum atomic E-state index is 12.8. The van der Waals surface area contributed by atoms with E-state index < -0.39 is 17.4 Å². The summed E-state index contributed by atoms with van der Waals surface area (Å²) in [6.45, 7) is 5.27. The number of hydrogen-bond donors (Lipinski definition) is 2. The molecular formula is C17H25NO5. The van der Waals surface area contributed by atoms with Crippen LogP contribution in [0, 0.1) is 0 Å². The Balaban J connectivity index is 3.28. The normalized spacial score (nSPS) is 12.4. The summed E-state index contributed by atoms with van der Waals surface area (Å²) in [6.07, 6.45) is 1.08. The van der Waals surface area contributed by atoms with Crippen molar-refractivity contribution in [3.05, 3.63) is 23.8 Å². The summed E-state index contributed by atoms with van der Waals surface area (Å²) >= 11 is 0. The molecule has 1 amide bonds. The lowest BCUT2D eigenvalue weighted by atomic mass is 9.74. The first-order valence-electron chi connectivity index (χ1n) is 7.62. The molecule has 6 heteroatoms. The highest BCUT2D eigenvalue weighted by atomic mass is 16.5. The molecule has 0 fully saturated rings. The first kappa shape index (κ1) is 18.8. The van der Waals surface area contributed by atoms with Crippen LogP contribution in [0.1, 0.15) is 39.2 Å². The van der Waals surface area contributed by atoms with Gasteiger partial charge in [-0.05, 0) is 37.5 Å². The highest BCUT2D eigenvalue weighted by Crippen LogP contribution is 2.37. The van der Waals surface area contributed by atoms with Crippen LogP contribution in [-0.2, 0) is 15.0 Å². The topological polar surface area (TPSA) is 84.9 Å². The number of carbonyl (C=O) groups is 2. The van der Waals surface area contributed by atoms with Crippen LogP contribution in [0.3, 0.4) is 0 Å². The summed E-state index contributed by atoms with van der Waals surface area (Å²) in [6, 6.07) is 4.40. The molecule has 128 valence electrons. The zero-order valence-corrected chi connectivity index (χ0v) is 14.3. The molecule has 0 heterocycles. The van der Waals surface area contributed by atoms with Gasteiger partial charge in [-0.25, -0.2) is 0 Å². The second kappa shape index (κ2) is 7.85. The van der Waals surface area contributed by atoms with E-state index in [0.29, 0.717) is 24.3 Å². The van der Waals surface area contributed by atoms with Gasteiger partial charge in [-0.1, -0.05) is 19.9 Å². The number of nitrogens with one attached hydrogen (secondary N) is 1. The number of aliphatic carboxylic acids is 1. The van der Waals surface area contributed by atoms with Crippen molar-refractivity contribution in [2.24, 2.45) is 0 Å². The average molecular weight is 323 g/mol. The molecule has 0 unspecified atom stereocenters. The van der Waals surface area contributed by atoms with E-state index in [1.54, 1.807) is 19.2 Å². The third kappa shape index (κ3) is 3.75. The minimum atomic E-state index is -1.06. The molecule has 0 saturated carbocycles. The van der Waals surface area contributed by atoms with Crippen LogP contribution in [0.15, 0.2) is 18.2 Å². The van der Waals surface area contributed by atoms with Crippen molar-refractivity contribution >= 4 is 11.9 Å². The summed E-state index contributed by atoms with van der Waals surface area (Å²) in [5, 5.41) is 11.6. The maximum Gasteiger partial charge on any atom is 0.325 e. The highest BCUT2D eigenvalue weighted by Gasteiger charge is 2.38. The predicted octanol–water partition coefficient (Wildman–Crippen LogP) is 2.35. The molecule has 2 N–H and O–H groups in total. The Morgan fingerprint density at radius 1 is 1.17 bits per heavy atom. The van der Waals surface area contributed by atoms with E-state index >= 15 is 0 Å². The van der Waals surface area contributed by atoms with Crippen LogP contribution in [0.2, 0.25) is 0 Å². The zero-order chi connectivity index (χ0) is 17.6. The Bertz CT molecular complexity index is 566. The molecule has 1 atom stereocenters. The standard InChI is InChI=1S/C17H25NO5/c1-6-17(7-2,16(21)18-11(3)15(19)20)12-8-9-13(22-4)14(10-12)23-5/h8-11H,6-7H2,1-5H3,(H,18,21)(H,19,20)/t11-/m0/s1.